The van der Waals surface area contributed by atoms with Crippen LogP contribution in [-0.4, -0.2) is 35.0 Å². The fourth-order valence-electron chi connectivity index (χ4n) is 2.06. The molecular weight excluding hydrogens is 244 g/mol. The lowest BCUT2D eigenvalue weighted by atomic mass is 10.0. The van der Waals surface area contributed by atoms with Crippen molar-refractivity contribution < 1.29 is 4.79 Å². The molecule has 1 atom stereocenters. The third-order valence-electron chi connectivity index (χ3n) is 3.19. The zero-order valence-corrected chi connectivity index (χ0v) is 11.4. The zero-order valence-electron chi connectivity index (χ0n) is 10.5. The van der Waals surface area contributed by atoms with Gasteiger partial charge < -0.3 is 10.6 Å². The van der Waals surface area contributed by atoms with E-state index < -0.39 is 0 Å². The molecule has 3 nitrogen and oxygen atoms in total. The Balaban J connectivity index is 1.71. The molecule has 0 spiro atoms. The number of amides is 1. The first-order chi connectivity index (χ1) is 8.75. The Morgan fingerprint density at radius 1 is 1.39 bits per heavy atom. The van der Waals surface area contributed by atoms with E-state index in [1.54, 1.807) is 0 Å². The molecule has 0 aliphatic carbocycles. The molecule has 1 aromatic rings. The van der Waals surface area contributed by atoms with Crippen LogP contribution in [0.4, 0.5) is 0 Å². The van der Waals surface area contributed by atoms with Gasteiger partial charge in [-0.15, -0.1) is 11.8 Å². The van der Waals surface area contributed by atoms with Gasteiger partial charge in [0.1, 0.15) is 0 Å². The third-order valence-corrected chi connectivity index (χ3v) is 4.15. The first-order valence-electron chi connectivity index (χ1n) is 6.41. The number of rotatable bonds is 5. The molecule has 0 bridgehead atoms. The van der Waals surface area contributed by atoms with Crippen molar-refractivity contribution >= 4 is 17.7 Å². The van der Waals surface area contributed by atoms with Crippen molar-refractivity contribution in [3.8, 4) is 0 Å². The summed E-state index contributed by atoms with van der Waals surface area (Å²) in [6, 6.07) is 10.3. The first-order valence-corrected chi connectivity index (χ1v) is 7.56. The number of benzene rings is 1. The van der Waals surface area contributed by atoms with Crippen LogP contribution < -0.4 is 5.73 Å². The predicted octanol–water partition coefficient (Wildman–Crippen LogP) is 1.87. The van der Waals surface area contributed by atoms with Gasteiger partial charge in [-0.1, -0.05) is 30.3 Å². The Labute approximate surface area is 113 Å². The molecule has 0 unspecified atom stereocenters. The highest BCUT2D eigenvalue weighted by Crippen LogP contribution is 2.15. The normalized spacial score (nSPS) is 16.8. The molecule has 0 radical (unpaired) electrons. The molecule has 1 aromatic carbocycles. The fraction of sp³-hybridized carbons (Fsp3) is 0.500. The number of carbonyl (C=O) groups is 1. The molecule has 1 fully saturated rings. The summed E-state index contributed by atoms with van der Waals surface area (Å²) in [4.78, 5) is 13.8. The molecule has 98 valence electrons. The summed E-state index contributed by atoms with van der Waals surface area (Å²) in [6.45, 7) is 0.884. The summed E-state index contributed by atoms with van der Waals surface area (Å²) in [6.07, 6.45) is 2.30. The van der Waals surface area contributed by atoms with Crippen molar-refractivity contribution in [3.63, 3.8) is 0 Å². The Morgan fingerprint density at radius 3 is 2.83 bits per heavy atom. The van der Waals surface area contributed by atoms with Crippen molar-refractivity contribution in [3.05, 3.63) is 35.9 Å². The maximum Gasteiger partial charge on any atom is 0.224 e. The molecule has 4 heteroatoms. The molecule has 2 rings (SSSR count). The molecule has 1 saturated heterocycles. The molecule has 2 N–H and O–H groups in total. The Kier molecular flexibility index (Phi) is 5.08. The minimum atomic E-state index is -0.0247. The molecule has 1 aliphatic heterocycles. The largest absolute Gasteiger partial charge is 0.333 e. The van der Waals surface area contributed by atoms with Crippen LogP contribution in [-0.2, 0) is 11.2 Å². The van der Waals surface area contributed by atoms with Gasteiger partial charge in [-0.3, -0.25) is 4.79 Å². The van der Waals surface area contributed by atoms with E-state index in [1.165, 1.54) is 5.56 Å². The SMILES string of the molecule is N[C@H](CCc1ccccc1)CC(=O)N1CCSC1. The van der Waals surface area contributed by atoms with Crippen LogP contribution in [0, 0.1) is 0 Å². The van der Waals surface area contributed by atoms with Crippen LogP contribution in [0.2, 0.25) is 0 Å². The summed E-state index contributed by atoms with van der Waals surface area (Å²) in [5.74, 6) is 2.11. The van der Waals surface area contributed by atoms with E-state index in [-0.39, 0.29) is 11.9 Å². The second-order valence-electron chi connectivity index (χ2n) is 4.68. The predicted molar refractivity (Wildman–Crippen MR) is 76.4 cm³/mol. The Bertz CT molecular complexity index is 377. The van der Waals surface area contributed by atoms with Gasteiger partial charge in [0, 0.05) is 24.8 Å². The summed E-state index contributed by atoms with van der Waals surface area (Å²) in [5.41, 5.74) is 7.32. The average molecular weight is 264 g/mol. The molecule has 0 aromatic heterocycles. The number of nitrogens with zero attached hydrogens (tertiary/aromatic N) is 1. The van der Waals surface area contributed by atoms with Gasteiger partial charge in [0.15, 0.2) is 0 Å². The molecular formula is C14H20N2OS. The lowest BCUT2D eigenvalue weighted by Gasteiger charge is -2.17. The van der Waals surface area contributed by atoms with Crippen LogP contribution in [0.25, 0.3) is 0 Å². The Hall–Kier alpha value is -1.00. The van der Waals surface area contributed by atoms with Gasteiger partial charge in [0.05, 0.1) is 5.88 Å². The number of hydrogen-bond donors (Lipinski definition) is 1. The van der Waals surface area contributed by atoms with E-state index in [4.69, 9.17) is 5.73 Å². The highest BCUT2D eigenvalue weighted by molar-refractivity contribution is 7.99. The van der Waals surface area contributed by atoms with Crippen molar-refractivity contribution in [1.29, 1.82) is 0 Å². The van der Waals surface area contributed by atoms with Gasteiger partial charge in [0.25, 0.3) is 0 Å². The standard InChI is InChI=1S/C14H20N2OS/c15-13(7-6-12-4-2-1-3-5-12)10-14(17)16-8-9-18-11-16/h1-5,13H,6-11,15H2/t13-/m1/s1. The van der Waals surface area contributed by atoms with Crippen molar-refractivity contribution in [2.75, 3.05) is 18.2 Å². The second kappa shape index (κ2) is 6.81. The first kappa shape index (κ1) is 13.4. The van der Waals surface area contributed by atoms with E-state index in [0.29, 0.717) is 6.42 Å². The van der Waals surface area contributed by atoms with Gasteiger partial charge in [0.2, 0.25) is 5.91 Å². The van der Waals surface area contributed by atoms with Crippen molar-refractivity contribution in [2.24, 2.45) is 5.73 Å². The summed E-state index contributed by atoms with van der Waals surface area (Å²) in [7, 11) is 0. The van der Waals surface area contributed by atoms with E-state index in [1.807, 2.05) is 34.9 Å². The average Bonchev–Trinajstić information content (AvgIpc) is 2.91. The summed E-state index contributed by atoms with van der Waals surface area (Å²) in [5, 5.41) is 0. The number of nitrogens with two attached hydrogens (primary N) is 1. The number of aryl methyl sites for hydroxylation is 1. The summed E-state index contributed by atoms with van der Waals surface area (Å²) >= 11 is 1.81. The smallest absolute Gasteiger partial charge is 0.224 e. The van der Waals surface area contributed by atoms with Crippen LogP contribution in [0.3, 0.4) is 0 Å². The van der Waals surface area contributed by atoms with E-state index >= 15 is 0 Å². The maximum absolute atomic E-state index is 11.9. The van der Waals surface area contributed by atoms with Crippen molar-refractivity contribution in [1.82, 2.24) is 4.90 Å². The molecule has 18 heavy (non-hydrogen) atoms. The number of thioether (sulfide) groups is 1. The van der Waals surface area contributed by atoms with E-state index in [2.05, 4.69) is 12.1 Å². The van der Waals surface area contributed by atoms with Crippen LogP contribution >= 0.6 is 11.8 Å². The quantitative estimate of drug-likeness (QED) is 0.883. The minimum Gasteiger partial charge on any atom is -0.333 e. The monoisotopic (exact) mass is 264 g/mol. The molecule has 1 amide bonds. The van der Waals surface area contributed by atoms with Crippen LogP contribution in [0.1, 0.15) is 18.4 Å². The van der Waals surface area contributed by atoms with Gasteiger partial charge in [-0.2, -0.15) is 0 Å². The number of hydrogen-bond acceptors (Lipinski definition) is 3. The van der Waals surface area contributed by atoms with Crippen LogP contribution in [0.5, 0.6) is 0 Å². The molecule has 0 saturated carbocycles. The zero-order chi connectivity index (χ0) is 12.8. The third kappa shape index (κ3) is 4.03. The summed E-state index contributed by atoms with van der Waals surface area (Å²) < 4.78 is 0. The van der Waals surface area contributed by atoms with Gasteiger partial charge in [-0.25, -0.2) is 0 Å². The second-order valence-corrected chi connectivity index (χ2v) is 5.76. The topological polar surface area (TPSA) is 46.3 Å². The van der Waals surface area contributed by atoms with Gasteiger partial charge in [-0.05, 0) is 18.4 Å². The molecule has 1 heterocycles. The maximum atomic E-state index is 11.9. The highest BCUT2D eigenvalue weighted by Gasteiger charge is 2.20. The van der Waals surface area contributed by atoms with E-state index in [9.17, 15) is 4.79 Å². The van der Waals surface area contributed by atoms with Crippen LogP contribution in [0.15, 0.2) is 30.3 Å². The Morgan fingerprint density at radius 2 is 2.17 bits per heavy atom. The fourth-order valence-corrected chi connectivity index (χ4v) is 3.03. The highest BCUT2D eigenvalue weighted by atomic mass is 32.2. The lowest BCUT2D eigenvalue weighted by molar-refractivity contribution is -0.130. The molecule has 1 aliphatic rings. The number of carbonyl (C=O) groups excluding carboxylic acids is 1. The lowest BCUT2D eigenvalue weighted by Crippen LogP contribution is -2.34. The van der Waals surface area contributed by atoms with E-state index in [0.717, 1.165) is 31.0 Å². The van der Waals surface area contributed by atoms with Crippen molar-refractivity contribution in [2.45, 2.75) is 25.3 Å². The minimum absolute atomic E-state index is 0.0247. The van der Waals surface area contributed by atoms with Gasteiger partial charge >= 0.3 is 0 Å².